The number of nitrogens with one attached hydrogen (secondary N) is 1. The number of fused-ring (bicyclic) bond motifs is 1. The second-order valence-corrected chi connectivity index (χ2v) is 11.2. The fraction of sp³-hybridized carbons (Fsp3) is 0.588. The van der Waals surface area contributed by atoms with Crippen LogP contribution in [-0.4, -0.2) is 96.9 Å². The van der Waals surface area contributed by atoms with Crippen LogP contribution in [0.15, 0.2) is 6.33 Å². The largest absolute Gasteiger partial charge is 0.479 e. The first-order valence-corrected chi connectivity index (χ1v) is 13.0. The molecule has 6 atom stereocenters. The second kappa shape index (κ2) is 9.28. The molecule has 186 valence electrons. The van der Waals surface area contributed by atoms with Gasteiger partial charge >= 0.3 is 6.03 Å². The van der Waals surface area contributed by atoms with Crippen LogP contribution in [0.2, 0.25) is 0 Å². The summed E-state index contributed by atoms with van der Waals surface area (Å²) in [5.41, 5.74) is 4.45. The molecule has 17 heteroatoms. The molecular formula is C17H24N7O8PS. The van der Waals surface area contributed by atoms with Gasteiger partial charge in [-0.15, -0.1) is 0 Å². The number of nitrogens with zero attached hydrogens (tertiary/aromatic N) is 5. The Morgan fingerprint density at radius 1 is 1.41 bits per heavy atom. The standard InChI is InChI=1S/C17H24N7O8PS/c1-17(28)10(25)8(4-31-33(29)34-5-7-12(26)21-16(27)23(7)2)32-14(17)24-6-19-9-11(24)20-15(18)22-13(9)30-3/h6-8,10,14,25,28,33H,4-5H2,1-3H3,(H2,18,20,22)(H,21,26,27)/t7-,8+,10+,14+,17+/m0/s1. The number of carbonyl (C=O) groups excluding carboxylic acids is 2. The highest BCUT2D eigenvalue weighted by molar-refractivity contribution is 8.50. The number of ether oxygens (including phenoxy) is 2. The van der Waals surface area contributed by atoms with Gasteiger partial charge in [-0.25, -0.2) is 9.78 Å². The zero-order valence-corrected chi connectivity index (χ0v) is 20.2. The summed E-state index contributed by atoms with van der Waals surface area (Å²) in [5, 5.41) is 23.8. The number of imide groups is 1. The second-order valence-electron chi connectivity index (χ2n) is 7.91. The highest BCUT2D eigenvalue weighted by Gasteiger charge is 2.53. The van der Waals surface area contributed by atoms with E-state index in [0.29, 0.717) is 0 Å². The van der Waals surface area contributed by atoms with Gasteiger partial charge in [0, 0.05) is 12.8 Å². The van der Waals surface area contributed by atoms with Crippen LogP contribution in [-0.2, 0) is 18.6 Å². The zero-order chi connectivity index (χ0) is 24.8. The van der Waals surface area contributed by atoms with E-state index in [2.05, 4.69) is 20.3 Å². The van der Waals surface area contributed by atoms with Crippen molar-refractivity contribution < 1.29 is 38.4 Å². The van der Waals surface area contributed by atoms with Crippen molar-refractivity contribution >= 4 is 47.7 Å². The number of methoxy groups -OCH3 is 1. The lowest BCUT2D eigenvalue weighted by Crippen LogP contribution is -2.44. The van der Waals surface area contributed by atoms with Crippen molar-refractivity contribution in [2.45, 2.75) is 37.0 Å². The first-order chi connectivity index (χ1) is 16.0. The number of likely N-dealkylation sites (N-methyl/N-ethyl adjacent to an activating group) is 1. The van der Waals surface area contributed by atoms with Gasteiger partial charge in [0.05, 0.1) is 20.0 Å². The molecule has 4 rings (SSSR count). The maximum atomic E-state index is 12.3. The van der Waals surface area contributed by atoms with Crippen molar-refractivity contribution in [3.63, 3.8) is 0 Å². The van der Waals surface area contributed by atoms with E-state index in [1.54, 1.807) is 0 Å². The zero-order valence-electron chi connectivity index (χ0n) is 18.4. The molecule has 0 bridgehead atoms. The van der Waals surface area contributed by atoms with Gasteiger partial charge in [-0.1, -0.05) is 11.4 Å². The lowest BCUT2D eigenvalue weighted by atomic mass is 9.96. The monoisotopic (exact) mass is 517 g/mol. The van der Waals surface area contributed by atoms with E-state index in [1.165, 1.54) is 36.9 Å². The third-order valence-corrected chi connectivity index (χ3v) is 8.33. The van der Waals surface area contributed by atoms with Crippen molar-refractivity contribution in [1.82, 2.24) is 29.7 Å². The van der Waals surface area contributed by atoms with Gasteiger partial charge < -0.3 is 34.8 Å². The quantitative estimate of drug-likeness (QED) is 0.248. The minimum Gasteiger partial charge on any atom is -0.479 e. The Labute approximate surface area is 197 Å². The first kappa shape index (κ1) is 24.6. The lowest BCUT2D eigenvalue weighted by Gasteiger charge is -2.27. The molecule has 34 heavy (non-hydrogen) atoms. The maximum absolute atomic E-state index is 12.3. The maximum Gasteiger partial charge on any atom is 0.324 e. The highest BCUT2D eigenvalue weighted by Crippen LogP contribution is 2.44. The van der Waals surface area contributed by atoms with Crippen molar-refractivity contribution in [3.05, 3.63) is 6.33 Å². The van der Waals surface area contributed by atoms with Gasteiger partial charge in [0.15, 0.2) is 17.4 Å². The van der Waals surface area contributed by atoms with Crippen molar-refractivity contribution in [2.24, 2.45) is 0 Å². The van der Waals surface area contributed by atoms with Crippen molar-refractivity contribution in [1.29, 1.82) is 0 Å². The minimum absolute atomic E-state index is 0.0737. The summed E-state index contributed by atoms with van der Waals surface area (Å²) in [5.74, 6) is -0.345. The van der Waals surface area contributed by atoms with Crippen LogP contribution in [0.5, 0.6) is 5.88 Å². The van der Waals surface area contributed by atoms with Crippen LogP contribution in [0.4, 0.5) is 10.7 Å². The van der Waals surface area contributed by atoms with Gasteiger partial charge in [0.1, 0.15) is 23.9 Å². The minimum atomic E-state index is -2.70. The van der Waals surface area contributed by atoms with Gasteiger partial charge in [0.2, 0.25) is 19.1 Å². The molecule has 0 spiro atoms. The molecule has 2 fully saturated rings. The fourth-order valence-corrected chi connectivity index (χ4v) is 6.11. The summed E-state index contributed by atoms with van der Waals surface area (Å²) < 4.78 is 30.1. The molecule has 4 heterocycles. The Balaban J connectivity index is 1.42. The van der Waals surface area contributed by atoms with Crippen LogP contribution in [0, 0.1) is 0 Å². The van der Waals surface area contributed by atoms with Gasteiger partial charge in [-0.3, -0.25) is 19.2 Å². The SMILES string of the molecule is COc1nc(N)nc2c1ncn2[C@@H]1O[C@H](CO[PH](=O)SC[C@H]2C(=O)NC(=O)N2C)[C@@H](O)[C@@]1(C)O. The lowest BCUT2D eigenvalue weighted by molar-refractivity contribution is -0.120. The average molecular weight is 517 g/mol. The van der Waals surface area contributed by atoms with Crippen LogP contribution >= 0.6 is 18.6 Å². The van der Waals surface area contributed by atoms with Crippen molar-refractivity contribution in [2.75, 3.05) is 32.3 Å². The molecule has 0 aliphatic carbocycles. The molecular weight excluding hydrogens is 493 g/mol. The summed E-state index contributed by atoms with van der Waals surface area (Å²) in [7, 11) is 0.155. The molecule has 2 aliphatic rings. The van der Waals surface area contributed by atoms with Crippen LogP contribution in [0.25, 0.3) is 11.2 Å². The fourth-order valence-electron chi connectivity index (χ4n) is 3.72. The van der Waals surface area contributed by atoms with Gasteiger partial charge in [-0.05, 0) is 6.92 Å². The molecule has 2 saturated heterocycles. The Hall–Kier alpha value is -2.49. The molecule has 1 unspecified atom stereocenters. The predicted octanol–water partition coefficient (Wildman–Crippen LogP) is -0.884. The highest BCUT2D eigenvalue weighted by atomic mass is 32.7. The summed E-state index contributed by atoms with van der Waals surface area (Å²) in [6.07, 6.45) is -2.22. The molecule has 0 saturated carbocycles. The number of imidazole rings is 1. The van der Waals surface area contributed by atoms with Crippen LogP contribution < -0.4 is 15.8 Å². The number of aliphatic hydroxyl groups excluding tert-OH is 1. The average Bonchev–Trinajstić information content (AvgIpc) is 3.37. The number of amides is 3. The molecule has 2 aliphatic heterocycles. The van der Waals surface area contributed by atoms with Crippen LogP contribution in [0.1, 0.15) is 13.2 Å². The third kappa shape index (κ3) is 4.32. The van der Waals surface area contributed by atoms with Crippen LogP contribution in [0.3, 0.4) is 0 Å². The van der Waals surface area contributed by atoms with E-state index >= 15 is 0 Å². The number of carbonyl (C=O) groups is 2. The molecule has 0 aromatic carbocycles. The van der Waals surface area contributed by atoms with E-state index in [1.807, 2.05) is 0 Å². The van der Waals surface area contributed by atoms with E-state index in [4.69, 9.17) is 19.7 Å². The number of aliphatic hydroxyl groups is 2. The van der Waals surface area contributed by atoms with E-state index in [-0.39, 0.29) is 35.4 Å². The Morgan fingerprint density at radius 2 is 2.15 bits per heavy atom. The smallest absolute Gasteiger partial charge is 0.324 e. The summed E-state index contributed by atoms with van der Waals surface area (Å²) in [6.45, 7) is 1.08. The van der Waals surface area contributed by atoms with Gasteiger partial charge in [-0.2, -0.15) is 9.97 Å². The number of anilines is 1. The molecule has 3 amide bonds. The molecule has 2 aromatic rings. The Kier molecular flexibility index (Phi) is 6.72. The number of nitrogens with two attached hydrogens (primary N) is 1. The Morgan fingerprint density at radius 3 is 2.79 bits per heavy atom. The number of hydrogen-bond acceptors (Lipinski definition) is 13. The molecule has 2 aromatic heterocycles. The summed E-state index contributed by atoms with van der Waals surface area (Å²) in [4.78, 5) is 36.7. The number of rotatable bonds is 8. The van der Waals surface area contributed by atoms with E-state index < -0.39 is 49.2 Å². The molecule has 5 N–H and O–H groups in total. The molecule has 0 radical (unpaired) electrons. The van der Waals surface area contributed by atoms with E-state index in [0.717, 1.165) is 11.4 Å². The first-order valence-electron chi connectivity index (χ1n) is 10.0. The number of aromatic nitrogens is 4. The van der Waals surface area contributed by atoms with Crippen molar-refractivity contribution in [3.8, 4) is 5.88 Å². The normalized spacial score (nSPS) is 30.2. The number of urea groups is 1. The van der Waals surface area contributed by atoms with E-state index in [9.17, 15) is 24.4 Å². The number of nitrogen functional groups attached to an aromatic ring is 1. The molecule has 15 nitrogen and oxygen atoms in total. The number of hydrogen-bond donors (Lipinski definition) is 4. The predicted molar refractivity (Wildman–Crippen MR) is 119 cm³/mol. The topological polar surface area (TPSA) is 204 Å². The Bertz CT molecular complexity index is 1150. The summed E-state index contributed by atoms with van der Waals surface area (Å²) in [6, 6.07) is -1.28. The van der Waals surface area contributed by atoms with Gasteiger partial charge in [0.25, 0.3) is 5.91 Å². The third-order valence-electron chi connectivity index (χ3n) is 5.65. The summed E-state index contributed by atoms with van der Waals surface area (Å²) >= 11 is 0.884.